The number of ether oxygens (including phenoxy) is 2. The first-order chi connectivity index (χ1) is 29.1. The zero-order chi connectivity index (χ0) is 44.4. The molecule has 0 radical (unpaired) electrons. The molecule has 8 N–H and O–H groups in total. The van der Waals surface area contributed by atoms with Crippen LogP contribution in [0.25, 0.3) is 10.9 Å². The number of para-hydroxylation sites is 1. The number of carbonyl (C=O) groups is 7. The van der Waals surface area contributed by atoms with Gasteiger partial charge in [-0.2, -0.15) is 11.8 Å². The van der Waals surface area contributed by atoms with Gasteiger partial charge in [0.15, 0.2) is 0 Å². The molecule has 1 heterocycles. The van der Waals surface area contributed by atoms with Crippen LogP contribution in [0.2, 0.25) is 0 Å². The molecule has 61 heavy (non-hydrogen) atoms. The van der Waals surface area contributed by atoms with Crippen LogP contribution in [0.5, 0.6) is 0 Å². The summed E-state index contributed by atoms with van der Waals surface area (Å²) in [4.78, 5) is 96.3. The lowest BCUT2D eigenvalue weighted by Crippen LogP contribution is -2.59. The van der Waals surface area contributed by atoms with Crippen molar-refractivity contribution in [1.29, 1.82) is 0 Å². The molecule has 16 nitrogen and oxygen atoms in total. The van der Waals surface area contributed by atoms with Crippen LogP contribution in [0.3, 0.4) is 0 Å². The second-order valence-electron chi connectivity index (χ2n) is 15.3. The number of hydrogen-bond acceptors (Lipinski definition) is 10. The van der Waals surface area contributed by atoms with Gasteiger partial charge in [0.2, 0.25) is 29.5 Å². The van der Waals surface area contributed by atoms with E-state index in [0.717, 1.165) is 16.5 Å². The molecule has 6 amide bonds. The van der Waals surface area contributed by atoms with Crippen LogP contribution >= 0.6 is 11.8 Å². The van der Waals surface area contributed by atoms with Crippen LogP contribution in [-0.2, 0) is 57.7 Å². The maximum atomic E-state index is 14.2. The highest BCUT2D eigenvalue weighted by Gasteiger charge is 2.33. The Hall–Kier alpha value is -6.36. The number of alkyl carbamates (subject to hydrolysis) is 1. The van der Waals surface area contributed by atoms with Crippen LogP contribution < -0.4 is 32.3 Å². The van der Waals surface area contributed by atoms with Gasteiger partial charge in [-0.05, 0) is 62.0 Å². The largest absolute Gasteiger partial charge is 0.461 e. The summed E-state index contributed by atoms with van der Waals surface area (Å²) in [6, 6.07) is 20.0. The maximum Gasteiger partial charge on any atom is 0.407 e. The van der Waals surface area contributed by atoms with Crippen LogP contribution in [0.4, 0.5) is 4.79 Å². The highest BCUT2D eigenvalue weighted by atomic mass is 32.2. The molecular weight excluding hydrogens is 803 g/mol. The molecule has 0 aliphatic heterocycles. The SMILES string of the molecule is CSCC[C@H](NC(=O)[C@H](Cc1c[nH]c2ccccc12)NC(=O)CCNC(=O)OC(C)(C)C)C(=O)N[C@@H](CC(=O)OCc1ccccc1)C(=O)N[C@@H](Cc1ccccc1)C(N)=O. The molecule has 1 aromatic heterocycles. The van der Waals surface area contributed by atoms with Gasteiger partial charge in [0.25, 0.3) is 0 Å². The Morgan fingerprint density at radius 3 is 1.97 bits per heavy atom. The fourth-order valence-electron chi connectivity index (χ4n) is 6.16. The van der Waals surface area contributed by atoms with Crippen molar-refractivity contribution in [2.45, 2.75) is 89.3 Å². The molecule has 3 aromatic carbocycles. The molecule has 0 saturated carbocycles. The van der Waals surface area contributed by atoms with Crippen molar-refractivity contribution in [1.82, 2.24) is 31.6 Å². The molecule has 0 saturated heterocycles. The van der Waals surface area contributed by atoms with Gasteiger partial charge in [-0.1, -0.05) is 78.9 Å². The zero-order valence-electron chi connectivity index (χ0n) is 34.8. The van der Waals surface area contributed by atoms with Crippen LogP contribution in [0.1, 0.15) is 56.7 Å². The third-order valence-electron chi connectivity index (χ3n) is 9.20. The van der Waals surface area contributed by atoms with Crippen LogP contribution in [0.15, 0.2) is 91.1 Å². The number of primary amides is 1. The molecule has 0 spiro atoms. The maximum absolute atomic E-state index is 14.2. The standard InChI is InChI=1S/C44H55N7O9S/c1-44(2,3)60-43(58)46-21-19-37(52)48-35(24-30-26-47-32-18-12-11-17-31(30)32)41(56)49-33(20-22-61-4)40(55)51-36(25-38(53)59-27-29-15-9-6-10-16-29)42(57)50-34(39(45)54)23-28-13-7-5-8-14-28/h5-18,26,33-36,47H,19-25,27H2,1-4H3,(H2,45,54)(H,46,58)(H,48,52)(H,49,56)(H,50,57)(H,51,55)/t33-,34-,35-,36-/m0/s1. The summed E-state index contributed by atoms with van der Waals surface area (Å²) < 4.78 is 10.7. The molecule has 17 heteroatoms. The van der Waals surface area contributed by atoms with Gasteiger partial charge in [-0.25, -0.2) is 4.79 Å². The van der Waals surface area contributed by atoms with Crippen LogP contribution in [0, 0.1) is 0 Å². The van der Waals surface area contributed by atoms with Gasteiger partial charge in [0, 0.05) is 42.9 Å². The molecule has 0 aliphatic rings. The molecule has 4 aromatic rings. The predicted octanol–water partition coefficient (Wildman–Crippen LogP) is 3.18. The van der Waals surface area contributed by atoms with Crippen molar-refractivity contribution < 1.29 is 43.0 Å². The highest BCUT2D eigenvalue weighted by Crippen LogP contribution is 2.20. The van der Waals surface area contributed by atoms with Gasteiger partial charge < -0.3 is 46.8 Å². The Labute approximate surface area is 359 Å². The third kappa shape index (κ3) is 16.3. The Morgan fingerprint density at radius 2 is 1.31 bits per heavy atom. The number of esters is 1. The average molecular weight is 858 g/mol. The number of benzene rings is 3. The van der Waals surface area contributed by atoms with E-state index in [4.69, 9.17) is 15.2 Å². The van der Waals surface area contributed by atoms with Crippen molar-refractivity contribution in [2.75, 3.05) is 18.6 Å². The van der Waals surface area contributed by atoms with Crippen molar-refractivity contribution in [3.8, 4) is 0 Å². The van der Waals surface area contributed by atoms with E-state index >= 15 is 0 Å². The van der Waals surface area contributed by atoms with E-state index in [1.165, 1.54) is 11.8 Å². The fourth-order valence-corrected chi connectivity index (χ4v) is 6.63. The Kier molecular flexibility index (Phi) is 18.2. The molecule has 0 bridgehead atoms. The van der Waals surface area contributed by atoms with Crippen molar-refractivity contribution in [3.63, 3.8) is 0 Å². The number of aromatic amines is 1. The third-order valence-corrected chi connectivity index (χ3v) is 9.85. The number of H-pyrrole nitrogens is 1. The minimum absolute atomic E-state index is 0.0339. The number of hydrogen-bond donors (Lipinski definition) is 7. The first-order valence-electron chi connectivity index (χ1n) is 19.9. The molecular formula is C44H55N7O9S. The average Bonchev–Trinajstić information content (AvgIpc) is 3.63. The number of rotatable bonds is 22. The van der Waals surface area contributed by atoms with Gasteiger partial charge in [-0.15, -0.1) is 0 Å². The Morgan fingerprint density at radius 1 is 0.721 bits per heavy atom. The summed E-state index contributed by atoms with van der Waals surface area (Å²) in [5.74, 6) is -4.14. The van der Waals surface area contributed by atoms with E-state index in [1.54, 1.807) is 81.6 Å². The minimum atomic E-state index is -1.54. The minimum Gasteiger partial charge on any atom is -0.461 e. The van der Waals surface area contributed by atoms with E-state index < -0.39 is 77.8 Å². The summed E-state index contributed by atoms with van der Waals surface area (Å²) in [5.41, 5.74) is 7.88. The number of aromatic nitrogens is 1. The number of nitrogens with one attached hydrogen (secondary N) is 6. The smallest absolute Gasteiger partial charge is 0.407 e. The predicted molar refractivity (Wildman–Crippen MR) is 232 cm³/mol. The van der Waals surface area contributed by atoms with Crippen LogP contribution in [-0.4, -0.2) is 94.9 Å². The van der Waals surface area contributed by atoms with E-state index in [2.05, 4.69) is 31.6 Å². The Bertz CT molecular complexity index is 2110. The summed E-state index contributed by atoms with van der Waals surface area (Å²) >= 11 is 1.41. The summed E-state index contributed by atoms with van der Waals surface area (Å²) in [7, 11) is 0. The van der Waals surface area contributed by atoms with Crippen molar-refractivity contribution in [2.24, 2.45) is 5.73 Å². The lowest BCUT2D eigenvalue weighted by atomic mass is 10.0. The van der Waals surface area contributed by atoms with E-state index in [0.29, 0.717) is 16.9 Å². The van der Waals surface area contributed by atoms with E-state index in [9.17, 15) is 33.6 Å². The van der Waals surface area contributed by atoms with Gasteiger partial charge >= 0.3 is 12.1 Å². The second-order valence-corrected chi connectivity index (χ2v) is 16.3. The van der Waals surface area contributed by atoms with E-state index in [-0.39, 0.29) is 38.8 Å². The second kappa shape index (κ2) is 23.4. The summed E-state index contributed by atoms with van der Waals surface area (Å²) in [6.45, 7) is 4.97. The molecule has 326 valence electrons. The zero-order valence-corrected chi connectivity index (χ0v) is 35.6. The summed E-state index contributed by atoms with van der Waals surface area (Å²) in [5, 5.41) is 14.0. The number of thioether (sulfide) groups is 1. The number of amides is 6. The van der Waals surface area contributed by atoms with Gasteiger partial charge in [0.1, 0.15) is 36.4 Å². The van der Waals surface area contributed by atoms with E-state index in [1.807, 2.05) is 36.6 Å². The Balaban J connectivity index is 1.54. The lowest BCUT2D eigenvalue weighted by Gasteiger charge is -2.26. The quantitative estimate of drug-likeness (QED) is 0.0570. The monoisotopic (exact) mass is 857 g/mol. The normalized spacial score (nSPS) is 13.1. The summed E-state index contributed by atoms with van der Waals surface area (Å²) in [6.07, 6.45) is 2.25. The molecule has 4 rings (SSSR count). The molecule has 0 fully saturated rings. The highest BCUT2D eigenvalue weighted by molar-refractivity contribution is 7.98. The molecule has 0 aliphatic carbocycles. The first kappa shape index (κ1) is 47.3. The molecule has 0 unspecified atom stereocenters. The van der Waals surface area contributed by atoms with Crippen molar-refractivity contribution >= 4 is 64.3 Å². The molecule has 4 atom stereocenters. The number of nitrogens with two attached hydrogens (primary N) is 1. The van der Waals surface area contributed by atoms with Crippen molar-refractivity contribution in [3.05, 3.63) is 108 Å². The fraction of sp³-hybridized carbons (Fsp3) is 0.386. The first-order valence-corrected chi connectivity index (χ1v) is 21.2. The lowest BCUT2D eigenvalue weighted by molar-refractivity contribution is -0.147. The number of fused-ring (bicyclic) bond motifs is 1. The van der Waals surface area contributed by atoms with Gasteiger partial charge in [-0.3, -0.25) is 28.8 Å². The van der Waals surface area contributed by atoms with Gasteiger partial charge in [0.05, 0.1) is 6.42 Å². The number of carbonyl (C=O) groups excluding carboxylic acids is 7. The topological polar surface area (TPSA) is 240 Å².